The standard InChI is InChI=1S/C16H17ClN2S/c1-3-19(13-6-4-5-11(2)9-13)15-8-7-12(16(18)20)10-14(15)17/h4-10H,3H2,1-2H3,(H2,18,20). The first-order chi connectivity index (χ1) is 9.52. The summed E-state index contributed by atoms with van der Waals surface area (Å²) in [5, 5.41) is 0.652. The highest BCUT2D eigenvalue weighted by Gasteiger charge is 2.12. The lowest BCUT2D eigenvalue weighted by Crippen LogP contribution is -2.17. The molecule has 4 heteroatoms. The van der Waals surface area contributed by atoms with E-state index in [4.69, 9.17) is 29.6 Å². The molecule has 0 aliphatic rings. The predicted molar refractivity (Wildman–Crippen MR) is 91.2 cm³/mol. The third-order valence-corrected chi connectivity index (χ3v) is 3.69. The number of thiocarbonyl (C=S) groups is 1. The van der Waals surface area contributed by atoms with Crippen molar-refractivity contribution in [3.05, 3.63) is 58.6 Å². The summed E-state index contributed by atoms with van der Waals surface area (Å²) in [6, 6.07) is 14.0. The predicted octanol–water partition coefficient (Wildman–Crippen LogP) is 4.44. The fourth-order valence-corrected chi connectivity index (χ4v) is 2.58. The van der Waals surface area contributed by atoms with Gasteiger partial charge < -0.3 is 10.6 Å². The van der Waals surface area contributed by atoms with Crippen LogP contribution in [0.1, 0.15) is 18.1 Å². The smallest absolute Gasteiger partial charge is 0.104 e. The zero-order chi connectivity index (χ0) is 14.7. The van der Waals surface area contributed by atoms with Crippen LogP contribution in [0.4, 0.5) is 11.4 Å². The summed E-state index contributed by atoms with van der Waals surface area (Å²) >= 11 is 11.4. The van der Waals surface area contributed by atoms with Gasteiger partial charge in [-0.2, -0.15) is 0 Å². The second-order valence-corrected chi connectivity index (χ2v) is 5.46. The summed E-state index contributed by atoms with van der Waals surface area (Å²) in [6.07, 6.45) is 0. The Morgan fingerprint density at radius 2 is 2.00 bits per heavy atom. The Hall–Kier alpha value is -1.58. The van der Waals surface area contributed by atoms with Gasteiger partial charge in [-0.15, -0.1) is 0 Å². The van der Waals surface area contributed by atoms with Crippen LogP contribution in [0.15, 0.2) is 42.5 Å². The summed E-state index contributed by atoms with van der Waals surface area (Å²) in [4.78, 5) is 2.52. The van der Waals surface area contributed by atoms with E-state index in [0.29, 0.717) is 10.0 Å². The maximum absolute atomic E-state index is 6.38. The number of nitrogens with zero attached hydrogens (tertiary/aromatic N) is 1. The Labute approximate surface area is 130 Å². The summed E-state index contributed by atoms with van der Waals surface area (Å²) in [7, 11) is 0. The average molecular weight is 305 g/mol. The zero-order valence-corrected chi connectivity index (χ0v) is 13.1. The molecule has 0 bridgehead atoms. The van der Waals surface area contributed by atoms with Crippen molar-refractivity contribution in [2.45, 2.75) is 13.8 Å². The monoisotopic (exact) mass is 304 g/mol. The van der Waals surface area contributed by atoms with Crippen molar-refractivity contribution in [1.29, 1.82) is 0 Å². The number of hydrogen-bond acceptors (Lipinski definition) is 2. The molecule has 2 aromatic rings. The van der Waals surface area contributed by atoms with Gasteiger partial charge in [-0.1, -0.05) is 36.0 Å². The van der Waals surface area contributed by atoms with Crippen LogP contribution in [0.3, 0.4) is 0 Å². The first-order valence-electron chi connectivity index (χ1n) is 6.46. The van der Waals surface area contributed by atoms with E-state index in [1.54, 1.807) is 0 Å². The molecule has 0 aliphatic carbocycles. The molecule has 0 spiro atoms. The number of hydrogen-bond donors (Lipinski definition) is 1. The topological polar surface area (TPSA) is 29.3 Å². The quantitative estimate of drug-likeness (QED) is 0.847. The van der Waals surface area contributed by atoms with Crippen LogP contribution in [-0.2, 0) is 0 Å². The molecule has 2 nitrogen and oxygen atoms in total. The number of benzene rings is 2. The normalized spacial score (nSPS) is 10.3. The van der Waals surface area contributed by atoms with Crippen LogP contribution >= 0.6 is 23.8 Å². The Balaban J connectivity index is 2.44. The molecule has 0 heterocycles. The van der Waals surface area contributed by atoms with Crippen molar-refractivity contribution in [3.8, 4) is 0 Å². The number of aryl methyl sites for hydroxylation is 1. The molecule has 0 unspecified atom stereocenters. The van der Waals surface area contributed by atoms with Gasteiger partial charge in [0.25, 0.3) is 0 Å². The molecule has 0 saturated carbocycles. The van der Waals surface area contributed by atoms with E-state index in [1.165, 1.54) is 5.56 Å². The van der Waals surface area contributed by atoms with Crippen molar-refractivity contribution in [1.82, 2.24) is 0 Å². The van der Waals surface area contributed by atoms with E-state index in [-0.39, 0.29) is 0 Å². The van der Waals surface area contributed by atoms with E-state index in [0.717, 1.165) is 23.5 Å². The molecule has 0 radical (unpaired) electrons. The number of anilines is 2. The highest BCUT2D eigenvalue weighted by molar-refractivity contribution is 7.80. The number of nitrogens with two attached hydrogens (primary N) is 1. The summed E-state index contributed by atoms with van der Waals surface area (Å²) in [5.74, 6) is 0. The molecule has 2 aromatic carbocycles. The van der Waals surface area contributed by atoms with Gasteiger partial charge in [0.2, 0.25) is 0 Å². The molecule has 0 amide bonds. The van der Waals surface area contributed by atoms with Gasteiger partial charge in [-0.05, 0) is 49.7 Å². The molecule has 2 rings (SSSR count). The van der Waals surface area contributed by atoms with Gasteiger partial charge in [-0.3, -0.25) is 0 Å². The highest BCUT2D eigenvalue weighted by atomic mass is 35.5. The Morgan fingerprint density at radius 1 is 1.25 bits per heavy atom. The SMILES string of the molecule is CCN(c1cccc(C)c1)c1ccc(C(N)=S)cc1Cl. The molecular formula is C16H17ClN2S. The number of rotatable bonds is 4. The molecule has 0 aliphatic heterocycles. The first-order valence-corrected chi connectivity index (χ1v) is 7.25. The fraction of sp³-hybridized carbons (Fsp3) is 0.188. The molecule has 20 heavy (non-hydrogen) atoms. The van der Waals surface area contributed by atoms with E-state index < -0.39 is 0 Å². The first kappa shape index (κ1) is 14.8. The average Bonchev–Trinajstić information content (AvgIpc) is 2.41. The second-order valence-electron chi connectivity index (χ2n) is 4.61. The van der Waals surface area contributed by atoms with E-state index in [2.05, 4.69) is 36.9 Å². The minimum absolute atomic E-state index is 0.358. The van der Waals surface area contributed by atoms with E-state index in [1.807, 2.05) is 24.3 Å². The van der Waals surface area contributed by atoms with Gasteiger partial charge in [0.15, 0.2) is 0 Å². The van der Waals surface area contributed by atoms with E-state index >= 15 is 0 Å². The minimum Gasteiger partial charge on any atom is -0.389 e. The molecule has 0 aromatic heterocycles. The lowest BCUT2D eigenvalue weighted by Gasteiger charge is -2.25. The lowest BCUT2D eigenvalue weighted by molar-refractivity contribution is 1.02. The third-order valence-electron chi connectivity index (χ3n) is 3.15. The van der Waals surface area contributed by atoms with Gasteiger partial charge in [-0.25, -0.2) is 0 Å². The Morgan fingerprint density at radius 3 is 2.55 bits per heavy atom. The molecule has 0 fully saturated rings. The van der Waals surface area contributed by atoms with Crippen molar-refractivity contribution in [2.24, 2.45) is 5.73 Å². The van der Waals surface area contributed by atoms with Gasteiger partial charge in [0, 0.05) is 17.8 Å². The van der Waals surface area contributed by atoms with Crippen LogP contribution in [0.5, 0.6) is 0 Å². The molecule has 104 valence electrons. The van der Waals surface area contributed by atoms with Gasteiger partial charge >= 0.3 is 0 Å². The van der Waals surface area contributed by atoms with Crippen LogP contribution in [-0.4, -0.2) is 11.5 Å². The molecule has 0 saturated heterocycles. The Kier molecular flexibility index (Phi) is 4.63. The fourth-order valence-electron chi connectivity index (χ4n) is 2.17. The van der Waals surface area contributed by atoms with Crippen molar-refractivity contribution in [2.75, 3.05) is 11.4 Å². The van der Waals surface area contributed by atoms with Crippen LogP contribution in [0.25, 0.3) is 0 Å². The summed E-state index contributed by atoms with van der Waals surface area (Å²) in [5.41, 5.74) is 9.72. The van der Waals surface area contributed by atoms with Crippen LogP contribution in [0.2, 0.25) is 5.02 Å². The molecular weight excluding hydrogens is 288 g/mol. The molecule has 2 N–H and O–H groups in total. The second kappa shape index (κ2) is 6.25. The van der Waals surface area contributed by atoms with Gasteiger partial charge in [0.1, 0.15) is 4.99 Å². The highest BCUT2D eigenvalue weighted by Crippen LogP contribution is 2.32. The van der Waals surface area contributed by atoms with Crippen LogP contribution in [0, 0.1) is 6.92 Å². The third kappa shape index (κ3) is 3.11. The largest absolute Gasteiger partial charge is 0.389 e. The molecule has 0 atom stereocenters. The van der Waals surface area contributed by atoms with Crippen LogP contribution < -0.4 is 10.6 Å². The minimum atomic E-state index is 0.358. The van der Waals surface area contributed by atoms with Crippen molar-refractivity contribution >= 4 is 40.2 Å². The maximum Gasteiger partial charge on any atom is 0.104 e. The summed E-state index contributed by atoms with van der Waals surface area (Å²) in [6.45, 7) is 5.00. The lowest BCUT2D eigenvalue weighted by atomic mass is 10.1. The summed E-state index contributed by atoms with van der Waals surface area (Å²) < 4.78 is 0. The Bertz CT molecular complexity index is 640. The zero-order valence-electron chi connectivity index (χ0n) is 11.6. The van der Waals surface area contributed by atoms with E-state index in [9.17, 15) is 0 Å². The maximum atomic E-state index is 6.38. The van der Waals surface area contributed by atoms with Crippen molar-refractivity contribution in [3.63, 3.8) is 0 Å². The van der Waals surface area contributed by atoms with Gasteiger partial charge in [0.05, 0.1) is 10.7 Å². The number of halogens is 1. The van der Waals surface area contributed by atoms with Crippen molar-refractivity contribution < 1.29 is 0 Å².